The van der Waals surface area contributed by atoms with Gasteiger partial charge in [0.1, 0.15) is 0 Å². The van der Waals surface area contributed by atoms with Crippen LogP contribution in [0.15, 0.2) is 82.6 Å². The maximum atomic E-state index is 13.3. The number of nitrogens with one attached hydrogen (secondary N) is 1. The van der Waals surface area contributed by atoms with E-state index in [1.165, 1.54) is 24.3 Å². The number of thioether (sulfide) groups is 1. The molecule has 0 aliphatic heterocycles. The molecule has 0 aliphatic rings. The maximum Gasteiger partial charge on any atom is 0.243 e. The van der Waals surface area contributed by atoms with E-state index in [1.807, 2.05) is 24.5 Å². The van der Waals surface area contributed by atoms with Crippen molar-refractivity contribution in [2.45, 2.75) is 16.3 Å². The first kappa shape index (κ1) is 23.6. The van der Waals surface area contributed by atoms with Crippen molar-refractivity contribution in [1.82, 2.24) is 4.31 Å². The summed E-state index contributed by atoms with van der Waals surface area (Å²) in [5, 5.41) is 3.68. The Hall–Kier alpha value is -2.03. The average molecular weight is 495 g/mol. The highest BCUT2D eigenvalue weighted by Crippen LogP contribution is 2.23. The van der Waals surface area contributed by atoms with Crippen LogP contribution in [0.4, 0.5) is 5.69 Å². The van der Waals surface area contributed by atoms with Crippen molar-refractivity contribution in [1.29, 1.82) is 0 Å². The van der Waals surface area contributed by atoms with Crippen LogP contribution in [0.25, 0.3) is 0 Å². The second kappa shape index (κ2) is 10.5. The molecule has 0 unspecified atom stereocenters. The van der Waals surface area contributed by atoms with Crippen LogP contribution in [0.1, 0.15) is 5.56 Å². The first-order chi connectivity index (χ1) is 14.8. The standard InChI is InChI=1S/C22H20Cl2N2O3S2/c1-30-20-7-3-6-19(13-20)25-22(27)15-26(14-16-4-2-5-18(24)12-16)31(28,29)21-10-8-17(23)9-11-21/h2-13H,14-15H2,1H3,(H,25,27). The van der Waals surface area contributed by atoms with Crippen molar-refractivity contribution < 1.29 is 13.2 Å². The minimum atomic E-state index is -3.96. The lowest BCUT2D eigenvalue weighted by Gasteiger charge is -2.22. The minimum Gasteiger partial charge on any atom is -0.325 e. The summed E-state index contributed by atoms with van der Waals surface area (Å²) in [6.07, 6.45) is 1.94. The molecule has 1 N–H and O–H groups in total. The summed E-state index contributed by atoms with van der Waals surface area (Å²) in [6.45, 7) is -0.370. The zero-order valence-corrected chi connectivity index (χ0v) is 19.7. The Morgan fingerprint density at radius 3 is 2.35 bits per heavy atom. The summed E-state index contributed by atoms with van der Waals surface area (Å²) >= 11 is 13.5. The van der Waals surface area contributed by atoms with Crippen molar-refractivity contribution in [3.63, 3.8) is 0 Å². The van der Waals surface area contributed by atoms with Crippen molar-refractivity contribution in [3.05, 3.63) is 88.4 Å². The number of sulfonamides is 1. The molecule has 0 atom stereocenters. The predicted octanol–water partition coefficient (Wildman–Crippen LogP) is 5.54. The molecule has 1 amide bonds. The highest BCUT2D eigenvalue weighted by Gasteiger charge is 2.27. The van der Waals surface area contributed by atoms with Crippen LogP contribution in [0.2, 0.25) is 10.0 Å². The zero-order chi connectivity index (χ0) is 22.4. The second-order valence-corrected chi connectivity index (χ2v) is 10.3. The Kier molecular flexibility index (Phi) is 8.02. The van der Waals surface area contributed by atoms with Crippen molar-refractivity contribution in [3.8, 4) is 0 Å². The quantitative estimate of drug-likeness (QED) is 0.417. The summed E-state index contributed by atoms with van der Waals surface area (Å²) in [5.74, 6) is -0.446. The average Bonchev–Trinajstić information content (AvgIpc) is 2.73. The summed E-state index contributed by atoms with van der Waals surface area (Å²) in [5.41, 5.74) is 1.27. The molecular formula is C22H20Cl2N2O3S2. The van der Waals surface area contributed by atoms with Crippen molar-refractivity contribution >= 4 is 56.6 Å². The van der Waals surface area contributed by atoms with Crippen molar-refractivity contribution in [2.75, 3.05) is 18.1 Å². The van der Waals surface area contributed by atoms with Gasteiger partial charge >= 0.3 is 0 Å². The molecule has 0 radical (unpaired) electrons. The van der Waals surface area contributed by atoms with E-state index in [2.05, 4.69) is 5.32 Å². The lowest BCUT2D eigenvalue weighted by atomic mass is 10.2. The van der Waals surface area contributed by atoms with Gasteiger partial charge in [-0.15, -0.1) is 11.8 Å². The fraction of sp³-hybridized carbons (Fsp3) is 0.136. The van der Waals surface area contributed by atoms with Gasteiger partial charge in [0, 0.05) is 27.2 Å². The number of anilines is 1. The van der Waals surface area contributed by atoms with Crippen LogP contribution in [0, 0.1) is 0 Å². The predicted molar refractivity (Wildman–Crippen MR) is 127 cm³/mol. The molecule has 0 aliphatic carbocycles. The molecule has 0 spiro atoms. The molecule has 0 heterocycles. The van der Waals surface area contributed by atoms with E-state index in [-0.39, 0.29) is 18.0 Å². The number of amides is 1. The van der Waals surface area contributed by atoms with E-state index < -0.39 is 15.9 Å². The SMILES string of the molecule is CSc1cccc(NC(=O)CN(Cc2cccc(Cl)c2)S(=O)(=O)c2ccc(Cl)cc2)c1. The van der Waals surface area contributed by atoms with E-state index >= 15 is 0 Å². The molecule has 0 fully saturated rings. The topological polar surface area (TPSA) is 66.5 Å². The third-order valence-corrected chi connectivity index (χ3v) is 7.39. The molecule has 162 valence electrons. The van der Waals surface area contributed by atoms with Gasteiger partial charge in [0.05, 0.1) is 11.4 Å². The van der Waals surface area contributed by atoms with Crippen LogP contribution in [0.3, 0.4) is 0 Å². The molecule has 9 heteroatoms. The molecule has 0 saturated heterocycles. The summed E-state index contributed by atoms with van der Waals surface area (Å²) in [4.78, 5) is 13.8. The maximum absolute atomic E-state index is 13.3. The highest BCUT2D eigenvalue weighted by atomic mass is 35.5. The van der Waals surface area contributed by atoms with Gasteiger partial charge in [-0.1, -0.05) is 41.4 Å². The van der Waals surface area contributed by atoms with E-state index in [4.69, 9.17) is 23.2 Å². The minimum absolute atomic E-state index is 0.0101. The third kappa shape index (κ3) is 6.48. The molecule has 3 aromatic rings. The summed E-state index contributed by atoms with van der Waals surface area (Å²) in [6, 6.07) is 20.1. The number of rotatable bonds is 8. The lowest BCUT2D eigenvalue weighted by Crippen LogP contribution is -2.37. The number of hydrogen-bond donors (Lipinski definition) is 1. The molecule has 0 saturated carbocycles. The van der Waals surface area contributed by atoms with Gasteiger partial charge in [-0.25, -0.2) is 8.42 Å². The van der Waals surface area contributed by atoms with Crippen LogP contribution < -0.4 is 5.32 Å². The smallest absolute Gasteiger partial charge is 0.243 e. The number of hydrogen-bond acceptors (Lipinski definition) is 4. The molecule has 0 aromatic heterocycles. The van der Waals surface area contributed by atoms with E-state index in [9.17, 15) is 13.2 Å². The first-order valence-electron chi connectivity index (χ1n) is 9.22. The van der Waals surface area contributed by atoms with E-state index in [0.717, 1.165) is 9.20 Å². The number of carbonyl (C=O) groups is 1. The van der Waals surface area contributed by atoms with Crippen LogP contribution in [0.5, 0.6) is 0 Å². The Balaban J connectivity index is 1.87. The third-order valence-electron chi connectivity index (χ3n) is 4.37. The van der Waals surface area contributed by atoms with Gasteiger partial charge in [-0.3, -0.25) is 4.79 Å². The van der Waals surface area contributed by atoms with Crippen LogP contribution in [-0.4, -0.2) is 31.4 Å². The lowest BCUT2D eigenvalue weighted by molar-refractivity contribution is -0.116. The normalized spacial score (nSPS) is 11.5. The van der Waals surface area contributed by atoms with Gasteiger partial charge in [0.15, 0.2) is 0 Å². The fourth-order valence-electron chi connectivity index (χ4n) is 2.88. The molecule has 5 nitrogen and oxygen atoms in total. The Bertz CT molecular complexity index is 1170. The monoisotopic (exact) mass is 494 g/mol. The number of benzene rings is 3. The van der Waals surface area contributed by atoms with E-state index in [0.29, 0.717) is 21.3 Å². The first-order valence-corrected chi connectivity index (χ1v) is 12.6. The Morgan fingerprint density at radius 1 is 0.968 bits per heavy atom. The number of nitrogens with zero attached hydrogens (tertiary/aromatic N) is 1. The summed E-state index contributed by atoms with van der Waals surface area (Å²) < 4.78 is 27.7. The largest absolute Gasteiger partial charge is 0.325 e. The zero-order valence-electron chi connectivity index (χ0n) is 16.6. The van der Waals surface area contributed by atoms with Gasteiger partial charge in [0.25, 0.3) is 0 Å². The van der Waals surface area contributed by atoms with Gasteiger partial charge in [-0.05, 0) is 66.4 Å². The molecule has 0 bridgehead atoms. The highest BCUT2D eigenvalue weighted by molar-refractivity contribution is 7.98. The Labute approximate surface area is 196 Å². The molecule has 3 aromatic carbocycles. The Morgan fingerprint density at radius 2 is 1.68 bits per heavy atom. The fourth-order valence-corrected chi connectivity index (χ4v) is 5.06. The number of halogens is 2. The number of carbonyl (C=O) groups excluding carboxylic acids is 1. The molecular weight excluding hydrogens is 475 g/mol. The van der Waals surface area contributed by atoms with Gasteiger partial charge in [0.2, 0.25) is 15.9 Å². The van der Waals surface area contributed by atoms with E-state index in [1.54, 1.807) is 42.1 Å². The van der Waals surface area contributed by atoms with Crippen molar-refractivity contribution in [2.24, 2.45) is 0 Å². The molecule has 31 heavy (non-hydrogen) atoms. The van der Waals surface area contributed by atoms with Gasteiger partial charge < -0.3 is 5.32 Å². The summed E-state index contributed by atoms with van der Waals surface area (Å²) in [7, 11) is -3.96. The van der Waals surface area contributed by atoms with Crippen LogP contribution >= 0.6 is 35.0 Å². The van der Waals surface area contributed by atoms with Crippen LogP contribution in [-0.2, 0) is 21.4 Å². The second-order valence-electron chi connectivity index (χ2n) is 6.64. The van der Waals surface area contributed by atoms with Gasteiger partial charge in [-0.2, -0.15) is 4.31 Å². The molecule has 3 rings (SSSR count).